The first-order valence-electron chi connectivity index (χ1n) is 9.13. The number of hydrogen-bond acceptors (Lipinski definition) is 3. The highest BCUT2D eigenvalue weighted by atomic mass is 16.3. The lowest BCUT2D eigenvalue weighted by atomic mass is 9.52. The smallest absolute Gasteiger partial charge is 0.169 e. The first-order chi connectivity index (χ1) is 12.0. The van der Waals surface area contributed by atoms with Crippen LogP contribution in [0.5, 0.6) is 5.75 Å². The second-order valence-electron chi connectivity index (χ2n) is 7.62. The largest absolute Gasteiger partial charge is 0.508 e. The Balaban J connectivity index is 1.79. The van der Waals surface area contributed by atoms with E-state index in [-0.39, 0.29) is 22.9 Å². The van der Waals surface area contributed by atoms with E-state index in [0.717, 1.165) is 24.8 Å². The molecule has 2 aromatic carbocycles. The number of aryl methyl sites for hydroxylation is 1. The third-order valence-electron chi connectivity index (χ3n) is 6.53. The Morgan fingerprint density at radius 1 is 1.16 bits per heavy atom. The van der Waals surface area contributed by atoms with Gasteiger partial charge in [0.1, 0.15) is 11.4 Å². The predicted molar refractivity (Wildman–Crippen MR) is 96.5 cm³/mol. The third-order valence-corrected chi connectivity index (χ3v) is 6.53. The van der Waals surface area contributed by atoms with E-state index in [0.29, 0.717) is 18.4 Å². The van der Waals surface area contributed by atoms with Crippen molar-refractivity contribution in [3.8, 4) is 5.75 Å². The summed E-state index contributed by atoms with van der Waals surface area (Å²) in [6.45, 7) is 2.13. The van der Waals surface area contributed by atoms with E-state index in [9.17, 15) is 15.0 Å². The van der Waals surface area contributed by atoms with Crippen LogP contribution >= 0.6 is 0 Å². The molecule has 0 radical (unpaired) electrons. The summed E-state index contributed by atoms with van der Waals surface area (Å²) in [4.78, 5) is 13.1. The summed E-state index contributed by atoms with van der Waals surface area (Å²) in [6, 6.07) is 14.9. The average Bonchev–Trinajstić information content (AvgIpc) is 2.63. The first kappa shape index (κ1) is 16.3. The molecule has 3 heteroatoms. The van der Waals surface area contributed by atoms with Crippen molar-refractivity contribution >= 4 is 5.78 Å². The van der Waals surface area contributed by atoms with E-state index in [2.05, 4.69) is 6.92 Å². The van der Waals surface area contributed by atoms with Crippen LogP contribution in [0.2, 0.25) is 0 Å². The van der Waals surface area contributed by atoms with Crippen LogP contribution in [0, 0.1) is 5.92 Å². The molecule has 3 nitrogen and oxygen atoms in total. The number of phenols is 1. The minimum absolute atomic E-state index is 0.0854. The van der Waals surface area contributed by atoms with Crippen molar-refractivity contribution in [2.24, 2.45) is 5.92 Å². The van der Waals surface area contributed by atoms with Crippen LogP contribution in [0.4, 0.5) is 0 Å². The van der Waals surface area contributed by atoms with E-state index >= 15 is 0 Å². The second kappa shape index (κ2) is 5.70. The molecule has 1 fully saturated rings. The fraction of sp³-hybridized carbons (Fsp3) is 0.409. The molecule has 0 amide bonds. The molecule has 0 aromatic heterocycles. The number of ketones is 1. The van der Waals surface area contributed by atoms with E-state index in [1.807, 2.05) is 42.5 Å². The van der Waals surface area contributed by atoms with Crippen LogP contribution in [-0.4, -0.2) is 16.0 Å². The van der Waals surface area contributed by atoms with Crippen molar-refractivity contribution in [3.63, 3.8) is 0 Å². The zero-order valence-electron chi connectivity index (χ0n) is 14.5. The summed E-state index contributed by atoms with van der Waals surface area (Å²) in [5, 5.41) is 21.1. The monoisotopic (exact) mass is 336 g/mol. The first-order valence-corrected chi connectivity index (χ1v) is 9.13. The molecule has 2 aromatic rings. The summed E-state index contributed by atoms with van der Waals surface area (Å²) in [7, 11) is 0. The fourth-order valence-electron chi connectivity index (χ4n) is 5.14. The zero-order chi connectivity index (χ0) is 17.7. The number of aliphatic hydroxyl groups is 1. The van der Waals surface area contributed by atoms with Crippen molar-refractivity contribution in [2.45, 2.75) is 50.0 Å². The molecule has 2 aliphatic rings. The maximum atomic E-state index is 13.1. The molecular formula is C22H24O3. The van der Waals surface area contributed by atoms with E-state index in [4.69, 9.17) is 0 Å². The molecule has 4 rings (SSSR count). The molecule has 25 heavy (non-hydrogen) atoms. The highest BCUT2D eigenvalue weighted by molar-refractivity contribution is 5.90. The summed E-state index contributed by atoms with van der Waals surface area (Å²) in [5.41, 5.74) is 1.45. The quantitative estimate of drug-likeness (QED) is 0.876. The van der Waals surface area contributed by atoms with Crippen LogP contribution in [0.25, 0.3) is 0 Å². The maximum Gasteiger partial charge on any atom is 0.169 e. The lowest BCUT2D eigenvalue weighted by Crippen LogP contribution is -2.53. The SMILES string of the molecule is CCC12CC(=O)C(O)(c3ccccc3)C[C@H]1CCc1cc(O)ccc12. The normalized spacial score (nSPS) is 31.3. The molecule has 0 saturated heterocycles. The highest BCUT2D eigenvalue weighted by Gasteiger charge is 2.55. The summed E-state index contributed by atoms with van der Waals surface area (Å²) in [6.07, 6.45) is 3.52. The Morgan fingerprint density at radius 3 is 2.64 bits per heavy atom. The zero-order valence-corrected chi connectivity index (χ0v) is 14.5. The van der Waals surface area contributed by atoms with Crippen LogP contribution in [0.1, 0.15) is 49.3 Å². The Labute approximate surface area is 148 Å². The molecule has 0 spiro atoms. The number of carbonyl (C=O) groups excluding carboxylic acids is 1. The van der Waals surface area contributed by atoms with E-state index in [1.165, 1.54) is 5.56 Å². The summed E-state index contributed by atoms with van der Waals surface area (Å²) in [5.74, 6) is 0.460. The Bertz CT molecular complexity index is 813. The van der Waals surface area contributed by atoms with Gasteiger partial charge >= 0.3 is 0 Å². The molecule has 2 N–H and O–H groups in total. The van der Waals surface area contributed by atoms with Gasteiger partial charge in [0.05, 0.1) is 0 Å². The average molecular weight is 336 g/mol. The van der Waals surface area contributed by atoms with Gasteiger partial charge in [-0.2, -0.15) is 0 Å². The van der Waals surface area contributed by atoms with Gasteiger partial charge in [-0.1, -0.05) is 43.3 Å². The van der Waals surface area contributed by atoms with E-state index < -0.39 is 5.60 Å². The summed E-state index contributed by atoms with van der Waals surface area (Å²) < 4.78 is 0. The Morgan fingerprint density at radius 2 is 1.92 bits per heavy atom. The number of aromatic hydroxyl groups is 1. The number of hydrogen-bond donors (Lipinski definition) is 2. The Hall–Kier alpha value is -2.13. The second-order valence-corrected chi connectivity index (χ2v) is 7.62. The fourth-order valence-corrected chi connectivity index (χ4v) is 5.14. The molecule has 2 unspecified atom stereocenters. The van der Waals surface area contributed by atoms with Gasteiger partial charge in [0.25, 0.3) is 0 Å². The lowest BCUT2D eigenvalue weighted by Gasteiger charge is -2.52. The van der Waals surface area contributed by atoms with Crippen LogP contribution in [0.15, 0.2) is 48.5 Å². The molecule has 3 atom stereocenters. The van der Waals surface area contributed by atoms with E-state index in [1.54, 1.807) is 6.07 Å². The Kier molecular flexibility index (Phi) is 3.73. The molecule has 0 heterocycles. The van der Waals surface area contributed by atoms with Crippen LogP contribution in [0.3, 0.4) is 0 Å². The van der Waals surface area contributed by atoms with Crippen molar-refractivity contribution in [3.05, 3.63) is 65.2 Å². The van der Waals surface area contributed by atoms with Gasteiger partial charge in [-0.3, -0.25) is 4.79 Å². The molecule has 0 aliphatic heterocycles. The van der Waals surface area contributed by atoms with Gasteiger partial charge in [0.2, 0.25) is 0 Å². The van der Waals surface area contributed by atoms with Gasteiger partial charge in [-0.15, -0.1) is 0 Å². The number of Topliss-reactive ketones (excluding diaryl/α,β-unsaturated/α-hetero) is 1. The molecular weight excluding hydrogens is 312 g/mol. The van der Waals surface area contributed by atoms with Crippen molar-refractivity contribution in [2.75, 3.05) is 0 Å². The van der Waals surface area contributed by atoms with Crippen LogP contribution in [-0.2, 0) is 22.2 Å². The van der Waals surface area contributed by atoms with Gasteiger partial charge < -0.3 is 10.2 Å². The minimum atomic E-state index is -1.38. The molecule has 1 saturated carbocycles. The number of carbonyl (C=O) groups is 1. The number of benzene rings is 2. The van der Waals surface area contributed by atoms with Gasteiger partial charge in [-0.05, 0) is 60.4 Å². The summed E-state index contributed by atoms with van der Waals surface area (Å²) >= 11 is 0. The van der Waals surface area contributed by atoms with Gasteiger partial charge in [-0.25, -0.2) is 0 Å². The van der Waals surface area contributed by atoms with Crippen molar-refractivity contribution < 1.29 is 15.0 Å². The molecule has 0 bridgehead atoms. The number of rotatable bonds is 2. The molecule has 130 valence electrons. The highest BCUT2D eigenvalue weighted by Crippen LogP contribution is 2.55. The van der Waals surface area contributed by atoms with Crippen molar-refractivity contribution in [1.82, 2.24) is 0 Å². The minimum Gasteiger partial charge on any atom is -0.508 e. The topological polar surface area (TPSA) is 57.5 Å². The lowest BCUT2D eigenvalue weighted by molar-refractivity contribution is -0.150. The number of phenolic OH excluding ortho intramolecular Hbond substituents is 1. The number of fused-ring (bicyclic) bond motifs is 3. The van der Waals surface area contributed by atoms with Gasteiger partial charge in [0.15, 0.2) is 5.78 Å². The predicted octanol–water partition coefficient (Wildman–Crippen LogP) is 3.85. The standard InChI is InChI=1S/C22H24O3/c1-2-21-14-20(24)22(25,16-6-4-3-5-7-16)13-17(21)9-8-15-12-18(23)10-11-19(15)21/h3-7,10-12,17,23,25H,2,8-9,13-14H2,1H3/t17-,21?,22?/m1/s1. The van der Waals surface area contributed by atoms with Crippen molar-refractivity contribution in [1.29, 1.82) is 0 Å². The van der Waals surface area contributed by atoms with Crippen LogP contribution < -0.4 is 0 Å². The molecule has 2 aliphatic carbocycles. The van der Waals surface area contributed by atoms with Gasteiger partial charge in [0, 0.05) is 11.8 Å². The maximum absolute atomic E-state index is 13.1. The third kappa shape index (κ3) is 2.33.